The minimum Gasteiger partial charge on any atom is -0.509 e. The molecule has 370 valence electrons. The van der Waals surface area contributed by atoms with Crippen molar-refractivity contribution in [2.24, 2.45) is 0 Å². The first-order valence-corrected chi connectivity index (χ1v) is 25.4. The van der Waals surface area contributed by atoms with Gasteiger partial charge in [0.05, 0.1) is 11.0 Å². The van der Waals surface area contributed by atoms with Crippen molar-refractivity contribution in [1.82, 2.24) is 14.1 Å². The van der Waals surface area contributed by atoms with Crippen molar-refractivity contribution < 1.29 is 25.8 Å². The van der Waals surface area contributed by atoms with Crippen molar-refractivity contribution in [1.29, 1.82) is 0 Å². The van der Waals surface area contributed by atoms with E-state index in [1.807, 2.05) is 24.4 Å². The molecule has 13 rings (SSSR count). The van der Waals surface area contributed by atoms with Crippen LogP contribution in [0.1, 0.15) is 52.7 Å². The van der Waals surface area contributed by atoms with Gasteiger partial charge in [0.2, 0.25) is 0 Å². The molecule has 0 amide bonds. The normalized spacial score (nSPS) is 12.7. The zero-order valence-electron chi connectivity index (χ0n) is 42.7. The molecule has 7 heteroatoms. The number of rotatable bonds is 8. The monoisotopic (exact) mass is 1150 g/mol. The van der Waals surface area contributed by atoms with Crippen LogP contribution in [-0.2, 0) is 31.9 Å². The summed E-state index contributed by atoms with van der Waals surface area (Å²) in [5.41, 5.74) is 16.4. The topological polar surface area (TPSA) is 38.5 Å². The molecule has 75 heavy (non-hydrogen) atoms. The Morgan fingerprint density at radius 1 is 0.453 bits per heavy atom. The maximum Gasteiger partial charge on any atom is 0.135 e. The molecule has 0 fully saturated rings. The predicted molar refractivity (Wildman–Crippen MR) is 307 cm³/mol. The Bertz CT molecular complexity index is 4080. The van der Waals surface area contributed by atoms with Gasteiger partial charge in [0.15, 0.2) is 0 Å². The van der Waals surface area contributed by atoms with Gasteiger partial charge in [-0.15, -0.1) is 48.1 Å². The van der Waals surface area contributed by atoms with Crippen LogP contribution in [0, 0.1) is 18.8 Å². The van der Waals surface area contributed by atoms with Gasteiger partial charge in [-0.1, -0.05) is 156 Å². The molecule has 0 saturated carbocycles. The Morgan fingerprint density at radius 3 is 1.88 bits per heavy atom. The molecule has 0 bridgehead atoms. The summed E-state index contributed by atoms with van der Waals surface area (Å²) in [6.07, 6.45) is 1.92. The standard InChI is InChI=1S/C68H54N5O.Pt/c1-67(2,3)48-22-15-23-50(39-48)71-44-70(63-31-17-28-55(66(63)71)47-21-14-20-46(38-47)45-18-8-7-9-19-45)51-24-16-25-53(41-51)74-54-33-34-58-59-42-52(72-60-29-12-10-26-56(60)57-27-11-13-30-61(57)72)32-35-62(59)73(64(58)43-54)65-40-49(36-37-69-65)68(4,5)6;/h7-40,42,44H,1-6H3;/q-3;. The van der Waals surface area contributed by atoms with Crippen LogP contribution in [0.2, 0.25) is 0 Å². The Hall–Kier alpha value is -8.18. The van der Waals surface area contributed by atoms with E-state index in [1.165, 1.54) is 44.1 Å². The van der Waals surface area contributed by atoms with Crippen LogP contribution in [-0.4, -0.2) is 14.1 Å². The van der Waals surface area contributed by atoms with Gasteiger partial charge in [-0.3, -0.25) is 0 Å². The molecule has 12 aromatic rings. The third-order valence-corrected chi connectivity index (χ3v) is 14.6. The number of benzene rings is 9. The summed E-state index contributed by atoms with van der Waals surface area (Å²) in [4.78, 5) is 9.56. The average molecular weight is 1150 g/mol. The van der Waals surface area contributed by atoms with Crippen LogP contribution in [0.15, 0.2) is 212 Å². The number of hydrogen-bond donors (Lipinski definition) is 0. The van der Waals surface area contributed by atoms with Gasteiger partial charge in [-0.2, -0.15) is 12.1 Å². The van der Waals surface area contributed by atoms with E-state index in [0.717, 1.165) is 67.2 Å². The summed E-state index contributed by atoms with van der Waals surface area (Å²) in [6, 6.07) is 81.0. The fraction of sp³-hybridized carbons (Fsp3) is 0.118. The van der Waals surface area contributed by atoms with Crippen LogP contribution < -0.4 is 14.5 Å². The van der Waals surface area contributed by atoms with Crippen molar-refractivity contribution in [3.63, 3.8) is 0 Å². The number of fused-ring (bicyclic) bond motifs is 7. The van der Waals surface area contributed by atoms with Crippen molar-refractivity contribution in [3.05, 3.63) is 242 Å². The first-order chi connectivity index (χ1) is 35.9. The fourth-order valence-corrected chi connectivity index (χ4v) is 10.8. The summed E-state index contributed by atoms with van der Waals surface area (Å²) in [5.74, 6) is 1.99. The van der Waals surface area contributed by atoms with Gasteiger partial charge in [0, 0.05) is 83.4 Å². The van der Waals surface area contributed by atoms with Gasteiger partial charge in [-0.25, -0.2) is 4.98 Å². The summed E-state index contributed by atoms with van der Waals surface area (Å²) in [7, 11) is 0. The second-order valence-corrected chi connectivity index (χ2v) is 21.4. The van der Waals surface area contributed by atoms with E-state index in [4.69, 9.17) is 9.72 Å². The third-order valence-electron chi connectivity index (χ3n) is 14.6. The van der Waals surface area contributed by atoms with Crippen molar-refractivity contribution in [3.8, 4) is 45.3 Å². The van der Waals surface area contributed by atoms with E-state index < -0.39 is 0 Å². The molecule has 4 heterocycles. The average Bonchev–Trinajstić information content (AvgIpc) is 4.09. The molecular weight excluding hydrogens is 1100 g/mol. The first kappa shape index (κ1) is 47.8. The number of nitrogens with zero attached hydrogens (tertiary/aromatic N) is 5. The SMILES string of the molecule is CC(C)(C)c1cccc(N2[CH-]N(c3[c-]c(Oc4[c-]c5c(cc4)c4cc(-n6c7ccccc7c7ccccc76)ccc4n5-c4cc(C(C)(C)C)ccn4)ccc3)c3cccc(-c4cccc(-c5ccccc5)c4)c32)c1.[Pt]. The molecule has 0 atom stereocenters. The van der Waals surface area contributed by atoms with Crippen LogP contribution in [0.25, 0.3) is 77.4 Å². The van der Waals surface area contributed by atoms with Crippen LogP contribution in [0.4, 0.5) is 22.7 Å². The van der Waals surface area contributed by atoms with Crippen molar-refractivity contribution >= 4 is 66.4 Å². The maximum absolute atomic E-state index is 6.83. The van der Waals surface area contributed by atoms with Crippen LogP contribution >= 0.6 is 0 Å². The van der Waals surface area contributed by atoms with Crippen LogP contribution in [0.3, 0.4) is 0 Å². The Morgan fingerprint density at radius 2 is 1.11 bits per heavy atom. The minimum atomic E-state index is -0.0746. The van der Waals surface area contributed by atoms with Crippen LogP contribution in [0.5, 0.6) is 11.5 Å². The van der Waals surface area contributed by atoms with E-state index in [-0.39, 0.29) is 31.9 Å². The zero-order valence-corrected chi connectivity index (χ0v) is 45.0. The molecule has 0 spiro atoms. The van der Waals surface area contributed by atoms with E-state index in [2.05, 4.69) is 267 Å². The number of pyridine rings is 1. The molecule has 1 aliphatic rings. The summed E-state index contributed by atoms with van der Waals surface area (Å²) in [5, 5.41) is 4.62. The molecule has 0 N–H and O–H groups in total. The van der Waals surface area contributed by atoms with Gasteiger partial charge >= 0.3 is 0 Å². The Kier molecular flexibility index (Phi) is 11.9. The van der Waals surface area contributed by atoms with Crippen molar-refractivity contribution in [2.75, 3.05) is 9.80 Å². The molecule has 0 radical (unpaired) electrons. The number of anilines is 4. The first-order valence-electron chi connectivity index (χ1n) is 25.4. The summed E-state index contributed by atoms with van der Waals surface area (Å²) >= 11 is 0. The number of hydrogen-bond acceptors (Lipinski definition) is 4. The van der Waals surface area contributed by atoms with Gasteiger partial charge in [-0.05, 0) is 111 Å². The molecule has 6 nitrogen and oxygen atoms in total. The van der Waals surface area contributed by atoms with E-state index in [1.54, 1.807) is 0 Å². The number of para-hydroxylation sites is 3. The largest absolute Gasteiger partial charge is 0.509 e. The molecule has 0 unspecified atom stereocenters. The van der Waals surface area contributed by atoms with Gasteiger partial charge in [0.25, 0.3) is 0 Å². The van der Waals surface area contributed by atoms with E-state index in [0.29, 0.717) is 11.5 Å². The van der Waals surface area contributed by atoms with E-state index in [9.17, 15) is 0 Å². The van der Waals surface area contributed by atoms with Gasteiger partial charge in [0.1, 0.15) is 5.82 Å². The minimum absolute atomic E-state index is 0. The summed E-state index contributed by atoms with van der Waals surface area (Å²) < 4.78 is 11.4. The Balaban J connectivity index is 0.00000569. The molecule has 1 aliphatic heterocycles. The molecular formula is C68H54N5OPt-3. The van der Waals surface area contributed by atoms with E-state index >= 15 is 0 Å². The quantitative estimate of drug-likeness (QED) is 0.142. The third kappa shape index (κ3) is 8.48. The van der Waals surface area contributed by atoms with Crippen molar-refractivity contribution in [2.45, 2.75) is 52.4 Å². The fourth-order valence-electron chi connectivity index (χ4n) is 10.8. The van der Waals surface area contributed by atoms with Gasteiger partial charge < -0.3 is 23.7 Å². The predicted octanol–water partition coefficient (Wildman–Crippen LogP) is 18.0. The smallest absolute Gasteiger partial charge is 0.135 e. The molecule has 0 aliphatic carbocycles. The zero-order chi connectivity index (χ0) is 50.3. The maximum atomic E-state index is 6.83. The second kappa shape index (κ2) is 18.6. The Labute approximate surface area is 453 Å². The molecule has 3 aromatic heterocycles. The number of aromatic nitrogens is 3. The summed E-state index contributed by atoms with van der Waals surface area (Å²) in [6.45, 7) is 15.7. The number of ether oxygens (including phenoxy) is 1. The second-order valence-electron chi connectivity index (χ2n) is 21.4. The molecule has 9 aromatic carbocycles. The molecule has 0 saturated heterocycles.